The fourth-order valence-electron chi connectivity index (χ4n) is 0.950. The lowest BCUT2D eigenvalue weighted by atomic mass is 10.2. The van der Waals surface area contributed by atoms with Crippen molar-refractivity contribution < 1.29 is 27.1 Å². The summed E-state index contributed by atoms with van der Waals surface area (Å²) >= 11 is -2.70. The summed E-state index contributed by atoms with van der Waals surface area (Å²) in [5.74, 6) is -3.36. The van der Waals surface area contributed by atoms with Crippen LogP contribution in [0.5, 0.6) is 0 Å². The van der Waals surface area contributed by atoms with E-state index in [2.05, 4.69) is 4.74 Å². The van der Waals surface area contributed by atoms with E-state index in [9.17, 15) is 17.8 Å². The fourth-order valence-corrected chi connectivity index (χ4v) is 1.43. The van der Waals surface area contributed by atoms with Crippen molar-refractivity contribution in [3.05, 3.63) is 29.3 Å². The van der Waals surface area contributed by atoms with Crippen LogP contribution in [-0.4, -0.2) is 21.8 Å². The topological polar surface area (TPSA) is 63.6 Å². The molecule has 0 amide bonds. The lowest BCUT2D eigenvalue weighted by Crippen LogP contribution is -2.08. The molecule has 0 aromatic heterocycles. The number of halogens is 2. The van der Waals surface area contributed by atoms with E-state index in [0.29, 0.717) is 12.1 Å². The smallest absolute Gasteiger partial charge is 0.340 e. The molecule has 15 heavy (non-hydrogen) atoms. The number of carbonyl (C=O) groups excluding carboxylic acids is 1. The van der Waals surface area contributed by atoms with Gasteiger partial charge in [-0.2, -0.15) is 0 Å². The highest BCUT2D eigenvalue weighted by atomic mass is 32.2. The van der Waals surface area contributed by atoms with Crippen molar-refractivity contribution in [3.8, 4) is 0 Å². The Hall–Kier alpha value is -1.34. The first-order chi connectivity index (χ1) is 6.97. The Morgan fingerprint density at radius 2 is 2.07 bits per heavy atom. The van der Waals surface area contributed by atoms with E-state index in [1.807, 2.05) is 0 Å². The summed E-state index contributed by atoms with van der Waals surface area (Å²) in [5.41, 5.74) is -0.713. The molecule has 0 saturated heterocycles. The number of esters is 1. The van der Waals surface area contributed by atoms with Gasteiger partial charge in [-0.1, -0.05) is 0 Å². The van der Waals surface area contributed by atoms with Crippen molar-refractivity contribution in [3.63, 3.8) is 0 Å². The minimum atomic E-state index is -2.70. The normalized spacial score (nSPS) is 12.3. The van der Waals surface area contributed by atoms with Crippen molar-refractivity contribution >= 4 is 17.0 Å². The van der Waals surface area contributed by atoms with Crippen LogP contribution in [0.1, 0.15) is 10.4 Å². The molecule has 82 valence electrons. The molecule has 0 radical (unpaired) electrons. The summed E-state index contributed by atoms with van der Waals surface area (Å²) in [6, 6.07) is 1.13. The quantitative estimate of drug-likeness (QED) is 0.621. The molecule has 1 atom stereocenters. The first kappa shape index (κ1) is 11.7. The molecular formula is C8H6F2O4S. The lowest BCUT2D eigenvalue weighted by Gasteiger charge is -2.04. The van der Waals surface area contributed by atoms with E-state index in [0.717, 1.165) is 7.11 Å². The first-order valence-corrected chi connectivity index (χ1v) is 4.76. The molecule has 1 unspecified atom stereocenters. The van der Waals surface area contributed by atoms with Crippen LogP contribution in [0.15, 0.2) is 17.0 Å². The molecule has 0 heterocycles. The Kier molecular flexibility index (Phi) is 3.48. The number of methoxy groups -OCH3 is 1. The van der Waals surface area contributed by atoms with Crippen LogP contribution in [0.3, 0.4) is 0 Å². The Labute approximate surface area is 86.1 Å². The van der Waals surface area contributed by atoms with Gasteiger partial charge in [-0.15, -0.1) is 0 Å². The zero-order valence-electron chi connectivity index (χ0n) is 7.49. The van der Waals surface area contributed by atoms with Gasteiger partial charge in [-0.25, -0.2) is 17.8 Å². The van der Waals surface area contributed by atoms with E-state index >= 15 is 0 Å². The molecule has 1 rings (SSSR count). The van der Waals surface area contributed by atoms with Crippen molar-refractivity contribution in [1.29, 1.82) is 0 Å². The molecule has 7 heteroatoms. The van der Waals surface area contributed by atoms with E-state index in [1.165, 1.54) is 0 Å². The Morgan fingerprint density at radius 3 is 2.53 bits per heavy atom. The number of carbonyl (C=O) groups is 1. The maximum atomic E-state index is 13.3. The average molecular weight is 236 g/mol. The highest BCUT2D eigenvalue weighted by molar-refractivity contribution is 7.79. The predicted octanol–water partition coefficient (Wildman–Crippen LogP) is 1.33. The average Bonchev–Trinajstić information content (AvgIpc) is 2.19. The summed E-state index contributed by atoms with van der Waals surface area (Å²) < 4.78 is 49.6. The molecule has 1 aromatic rings. The van der Waals surface area contributed by atoms with Gasteiger partial charge in [0.05, 0.1) is 12.7 Å². The third kappa shape index (κ3) is 2.37. The zero-order chi connectivity index (χ0) is 11.6. The molecule has 0 bridgehead atoms. The van der Waals surface area contributed by atoms with Gasteiger partial charge in [-0.3, -0.25) is 0 Å². The number of hydrogen-bond donors (Lipinski definition) is 1. The van der Waals surface area contributed by atoms with Crippen LogP contribution in [0.2, 0.25) is 0 Å². The Morgan fingerprint density at radius 1 is 1.47 bits per heavy atom. The molecule has 0 aliphatic heterocycles. The molecule has 0 aliphatic carbocycles. The standard InChI is InChI=1S/C8H6F2O4S/c1-14-8(11)5-2-4(9)3-6(7(5)10)15(12)13/h2-3H,1H3,(H,12,13). The van der Waals surface area contributed by atoms with Crippen molar-refractivity contribution in [1.82, 2.24) is 0 Å². The number of benzene rings is 1. The van der Waals surface area contributed by atoms with Crippen LogP contribution in [0.25, 0.3) is 0 Å². The molecule has 0 fully saturated rings. The fraction of sp³-hybridized carbons (Fsp3) is 0.125. The molecule has 4 nitrogen and oxygen atoms in total. The van der Waals surface area contributed by atoms with E-state index < -0.39 is 39.1 Å². The summed E-state index contributed by atoms with van der Waals surface area (Å²) in [5, 5.41) is 0. The second kappa shape index (κ2) is 4.45. The van der Waals surface area contributed by atoms with Gasteiger partial charge in [-0.05, 0) is 12.1 Å². The first-order valence-electron chi connectivity index (χ1n) is 3.65. The summed E-state index contributed by atoms with van der Waals surface area (Å²) in [7, 11) is 0.988. The monoisotopic (exact) mass is 236 g/mol. The highest BCUT2D eigenvalue weighted by Gasteiger charge is 2.20. The maximum Gasteiger partial charge on any atom is 0.340 e. The highest BCUT2D eigenvalue weighted by Crippen LogP contribution is 2.18. The molecule has 0 spiro atoms. The third-order valence-corrected chi connectivity index (χ3v) is 2.27. The zero-order valence-corrected chi connectivity index (χ0v) is 8.31. The minimum absolute atomic E-state index is 0.540. The van der Waals surface area contributed by atoms with Gasteiger partial charge in [0, 0.05) is 0 Å². The van der Waals surface area contributed by atoms with Gasteiger partial charge < -0.3 is 9.29 Å². The number of rotatable bonds is 2. The summed E-state index contributed by atoms with van der Waals surface area (Å²) in [6.45, 7) is 0. The van der Waals surface area contributed by atoms with Gasteiger partial charge >= 0.3 is 5.97 Å². The SMILES string of the molecule is COC(=O)c1cc(F)cc(S(=O)O)c1F. The van der Waals surface area contributed by atoms with Crippen molar-refractivity contribution in [2.45, 2.75) is 4.90 Å². The summed E-state index contributed by atoms with van der Waals surface area (Å²) in [6.07, 6.45) is 0. The molecule has 1 N–H and O–H groups in total. The van der Waals surface area contributed by atoms with Crippen LogP contribution in [-0.2, 0) is 15.8 Å². The molecular weight excluding hydrogens is 230 g/mol. The van der Waals surface area contributed by atoms with Gasteiger partial charge in [0.15, 0.2) is 16.9 Å². The van der Waals surface area contributed by atoms with Crippen LogP contribution in [0, 0.1) is 11.6 Å². The second-order valence-corrected chi connectivity index (χ2v) is 3.44. The minimum Gasteiger partial charge on any atom is -0.465 e. The summed E-state index contributed by atoms with van der Waals surface area (Å²) in [4.78, 5) is 10.2. The van der Waals surface area contributed by atoms with Crippen LogP contribution >= 0.6 is 0 Å². The van der Waals surface area contributed by atoms with Gasteiger partial charge in [0.2, 0.25) is 0 Å². The maximum absolute atomic E-state index is 13.3. The predicted molar refractivity (Wildman–Crippen MR) is 46.7 cm³/mol. The second-order valence-electron chi connectivity index (χ2n) is 2.51. The Bertz CT molecular complexity index is 433. The lowest BCUT2D eigenvalue weighted by molar-refractivity contribution is 0.0594. The van der Waals surface area contributed by atoms with Gasteiger partial charge in [0.25, 0.3) is 0 Å². The van der Waals surface area contributed by atoms with Crippen molar-refractivity contribution in [2.24, 2.45) is 0 Å². The molecule has 1 aromatic carbocycles. The van der Waals surface area contributed by atoms with E-state index in [4.69, 9.17) is 4.55 Å². The Balaban J connectivity index is 3.41. The van der Waals surface area contributed by atoms with Gasteiger partial charge in [0.1, 0.15) is 10.7 Å². The van der Waals surface area contributed by atoms with Crippen LogP contribution < -0.4 is 0 Å². The van der Waals surface area contributed by atoms with Crippen molar-refractivity contribution in [2.75, 3.05) is 7.11 Å². The third-order valence-electron chi connectivity index (χ3n) is 1.60. The largest absolute Gasteiger partial charge is 0.465 e. The number of hydrogen-bond acceptors (Lipinski definition) is 3. The van der Waals surface area contributed by atoms with E-state index in [1.54, 1.807) is 0 Å². The number of ether oxygens (including phenoxy) is 1. The molecule has 0 aliphatic rings. The van der Waals surface area contributed by atoms with Crippen LogP contribution in [0.4, 0.5) is 8.78 Å². The van der Waals surface area contributed by atoms with E-state index in [-0.39, 0.29) is 0 Å². The molecule has 0 saturated carbocycles.